The summed E-state index contributed by atoms with van der Waals surface area (Å²) in [6.45, 7) is 4.57. The van der Waals surface area contributed by atoms with Gasteiger partial charge in [-0.3, -0.25) is 0 Å². The maximum Gasteiger partial charge on any atom is 0.134 e. The maximum absolute atomic E-state index is 15.5. The van der Waals surface area contributed by atoms with Crippen LogP contribution in [-0.4, -0.2) is 0 Å². The van der Waals surface area contributed by atoms with Crippen molar-refractivity contribution in [3.8, 4) is 0 Å². The van der Waals surface area contributed by atoms with Gasteiger partial charge in [-0.05, 0) is 78.7 Å². The second kappa shape index (κ2) is 12.4. The largest absolute Gasteiger partial charge is 0.206 e. The van der Waals surface area contributed by atoms with Gasteiger partial charge in [-0.15, -0.1) is 0 Å². The maximum atomic E-state index is 15.5. The summed E-state index contributed by atoms with van der Waals surface area (Å²) in [5, 5.41) is 1.90. The van der Waals surface area contributed by atoms with Crippen LogP contribution in [0.2, 0.25) is 0 Å². The molecule has 0 N–H and O–H groups in total. The Bertz CT molecular complexity index is 852. The number of benzene rings is 2. The van der Waals surface area contributed by atoms with Crippen LogP contribution in [0.1, 0.15) is 127 Å². The molecule has 0 spiro atoms. The lowest BCUT2D eigenvalue weighted by Crippen LogP contribution is -2.18. The van der Waals surface area contributed by atoms with E-state index in [2.05, 4.69) is 38.1 Å². The summed E-state index contributed by atoms with van der Waals surface area (Å²) in [4.78, 5) is 0. The summed E-state index contributed by atoms with van der Waals surface area (Å²) in [6.07, 6.45) is 21.4. The molecule has 2 aromatic rings. The van der Waals surface area contributed by atoms with Crippen LogP contribution in [0.15, 0.2) is 30.3 Å². The predicted octanol–water partition coefficient (Wildman–Crippen LogP) is 10.4. The van der Waals surface area contributed by atoms with E-state index in [1.54, 1.807) is 0 Å². The Morgan fingerprint density at radius 3 is 1.97 bits per heavy atom. The third-order valence-corrected chi connectivity index (χ3v) is 9.05. The van der Waals surface area contributed by atoms with Gasteiger partial charge in [0, 0.05) is 5.39 Å². The van der Waals surface area contributed by atoms with Crippen LogP contribution in [0.4, 0.5) is 4.39 Å². The zero-order valence-electron chi connectivity index (χ0n) is 21.4. The Morgan fingerprint density at radius 1 is 0.697 bits per heavy atom. The monoisotopic (exact) mass is 450 g/mol. The molecule has 182 valence electrons. The molecular weight excluding hydrogens is 403 g/mol. The van der Waals surface area contributed by atoms with E-state index in [1.165, 1.54) is 102 Å². The van der Waals surface area contributed by atoms with Gasteiger partial charge >= 0.3 is 0 Å². The normalized spacial score (nSPS) is 26.0. The minimum absolute atomic E-state index is 0.0555. The van der Waals surface area contributed by atoms with E-state index in [0.717, 1.165) is 40.5 Å². The molecule has 33 heavy (non-hydrogen) atoms. The number of rotatable bonds is 10. The zero-order valence-corrected chi connectivity index (χ0v) is 21.4. The first-order valence-corrected chi connectivity index (χ1v) is 14.4. The summed E-state index contributed by atoms with van der Waals surface area (Å²) >= 11 is 0. The Labute approximate surface area is 202 Å². The van der Waals surface area contributed by atoms with Gasteiger partial charge in [0.1, 0.15) is 5.82 Å². The third-order valence-electron chi connectivity index (χ3n) is 9.05. The molecule has 0 unspecified atom stereocenters. The Kier molecular flexibility index (Phi) is 9.27. The van der Waals surface area contributed by atoms with Gasteiger partial charge < -0.3 is 0 Å². The highest BCUT2D eigenvalue weighted by Gasteiger charge is 2.27. The number of unbranched alkanes of at least 4 members (excludes halogenated alkanes) is 2. The van der Waals surface area contributed by atoms with Gasteiger partial charge in [0.15, 0.2) is 0 Å². The molecule has 1 heteroatoms. The average Bonchev–Trinajstić information content (AvgIpc) is 2.85. The van der Waals surface area contributed by atoms with Crippen molar-refractivity contribution in [2.45, 2.75) is 122 Å². The molecule has 0 amide bonds. The van der Waals surface area contributed by atoms with E-state index in [0.29, 0.717) is 5.92 Å². The van der Waals surface area contributed by atoms with Crippen molar-refractivity contribution in [3.05, 3.63) is 47.3 Å². The van der Waals surface area contributed by atoms with Crippen LogP contribution in [0, 0.1) is 23.6 Å². The standard InChI is InChI=1S/C32H47F/c1-3-5-6-8-27-17-21-31-29(23-27)20-22-30(32(31)33)28-18-15-26(16-19-28)14-13-25-11-9-24(7-4-2)10-12-25/h17,20-26,28H,3-16,18-19H2,1-2H3. The lowest BCUT2D eigenvalue weighted by atomic mass is 9.74. The van der Waals surface area contributed by atoms with E-state index in [9.17, 15) is 0 Å². The summed E-state index contributed by atoms with van der Waals surface area (Å²) in [6, 6.07) is 10.7. The number of hydrogen-bond donors (Lipinski definition) is 0. The number of aryl methyl sites for hydroxylation is 1. The van der Waals surface area contributed by atoms with Gasteiger partial charge in [-0.1, -0.05) is 108 Å². The van der Waals surface area contributed by atoms with Gasteiger partial charge in [0.05, 0.1) is 0 Å². The van der Waals surface area contributed by atoms with E-state index in [1.807, 2.05) is 6.07 Å². The molecule has 0 bridgehead atoms. The molecule has 2 aromatic carbocycles. The summed E-state index contributed by atoms with van der Waals surface area (Å²) in [7, 11) is 0. The van der Waals surface area contributed by atoms with E-state index in [-0.39, 0.29) is 5.82 Å². The molecule has 2 aliphatic carbocycles. The highest BCUT2D eigenvalue weighted by atomic mass is 19.1. The van der Waals surface area contributed by atoms with Crippen LogP contribution >= 0.6 is 0 Å². The van der Waals surface area contributed by atoms with Crippen LogP contribution in [0.25, 0.3) is 10.8 Å². The Morgan fingerprint density at radius 2 is 1.33 bits per heavy atom. The van der Waals surface area contributed by atoms with E-state index >= 15 is 4.39 Å². The summed E-state index contributed by atoms with van der Waals surface area (Å²) < 4.78 is 15.5. The quantitative estimate of drug-likeness (QED) is 0.316. The molecule has 0 radical (unpaired) electrons. The molecule has 4 rings (SSSR count). The first-order chi connectivity index (χ1) is 16.2. The van der Waals surface area contributed by atoms with Gasteiger partial charge in [-0.2, -0.15) is 0 Å². The highest BCUT2D eigenvalue weighted by Crippen LogP contribution is 2.41. The fraction of sp³-hybridized carbons (Fsp3) is 0.688. The zero-order chi connectivity index (χ0) is 23.0. The average molecular weight is 451 g/mol. The summed E-state index contributed by atoms with van der Waals surface area (Å²) in [5.41, 5.74) is 2.33. The molecule has 2 fully saturated rings. The van der Waals surface area contributed by atoms with Crippen molar-refractivity contribution >= 4 is 10.8 Å². The molecule has 0 saturated heterocycles. The van der Waals surface area contributed by atoms with Crippen molar-refractivity contribution < 1.29 is 4.39 Å². The molecular formula is C32H47F. The van der Waals surface area contributed by atoms with Crippen LogP contribution in [-0.2, 0) is 6.42 Å². The topological polar surface area (TPSA) is 0 Å². The van der Waals surface area contributed by atoms with Gasteiger partial charge in [0.2, 0.25) is 0 Å². The van der Waals surface area contributed by atoms with Gasteiger partial charge in [-0.25, -0.2) is 4.39 Å². The van der Waals surface area contributed by atoms with Crippen molar-refractivity contribution in [2.24, 2.45) is 17.8 Å². The predicted molar refractivity (Wildman–Crippen MR) is 141 cm³/mol. The van der Waals surface area contributed by atoms with Crippen LogP contribution in [0.5, 0.6) is 0 Å². The SMILES string of the molecule is CCCCCc1ccc2c(F)c(C3CCC(CCC4CCC(CCC)CC4)CC3)ccc2c1. The minimum Gasteiger partial charge on any atom is -0.206 e. The number of halogens is 1. The number of fused-ring (bicyclic) bond motifs is 1. The number of hydrogen-bond acceptors (Lipinski definition) is 0. The molecule has 0 aliphatic heterocycles. The van der Waals surface area contributed by atoms with Crippen molar-refractivity contribution in [1.29, 1.82) is 0 Å². The third kappa shape index (κ3) is 6.61. The van der Waals surface area contributed by atoms with Crippen molar-refractivity contribution in [3.63, 3.8) is 0 Å². The first kappa shape index (κ1) is 24.7. The second-order valence-electron chi connectivity index (χ2n) is 11.5. The van der Waals surface area contributed by atoms with Gasteiger partial charge in [0.25, 0.3) is 0 Å². The lowest BCUT2D eigenvalue weighted by molar-refractivity contribution is 0.223. The van der Waals surface area contributed by atoms with E-state index < -0.39 is 0 Å². The van der Waals surface area contributed by atoms with Crippen LogP contribution in [0.3, 0.4) is 0 Å². The summed E-state index contributed by atoms with van der Waals surface area (Å²) in [5.74, 6) is 3.36. The van der Waals surface area contributed by atoms with E-state index in [4.69, 9.17) is 0 Å². The second-order valence-corrected chi connectivity index (χ2v) is 11.5. The molecule has 0 nitrogen and oxygen atoms in total. The minimum atomic E-state index is 0.0555. The fourth-order valence-corrected chi connectivity index (χ4v) is 6.86. The first-order valence-electron chi connectivity index (χ1n) is 14.4. The van der Waals surface area contributed by atoms with Crippen molar-refractivity contribution in [2.75, 3.05) is 0 Å². The van der Waals surface area contributed by atoms with Crippen LogP contribution < -0.4 is 0 Å². The molecule has 2 aliphatic rings. The molecule has 0 heterocycles. The molecule has 0 atom stereocenters. The smallest absolute Gasteiger partial charge is 0.134 e. The lowest BCUT2D eigenvalue weighted by Gasteiger charge is -2.32. The fourth-order valence-electron chi connectivity index (χ4n) is 6.86. The molecule has 0 aromatic heterocycles. The van der Waals surface area contributed by atoms with Crippen molar-refractivity contribution in [1.82, 2.24) is 0 Å². The Hall–Kier alpha value is -1.37. The highest BCUT2D eigenvalue weighted by molar-refractivity contribution is 5.84. The molecule has 2 saturated carbocycles. The Balaban J connectivity index is 1.27.